The van der Waals surface area contributed by atoms with Gasteiger partial charge in [-0.2, -0.15) is 0 Å². The zero-order chi connectivity index (χ0) is 24.9. The largest absolute Gasteiger partial charge is 2.00 e. The summed E-state index contributed by atoms with van der Waals surface area (Å²) in [5.74, 6) is -5.54. The van der Waals surface area contributed by atoms with E-state index in [0.717, 1.165) is 0 Å². The van der Waals surface area contributed by atoms with Gasteiger partial charge in [-0.05, 0) is 0 Å². The third-order valence-corrected chi connectivity index (χ3v) is 1.94. The van der Waals surface area contributed by atoms with Crippen LogP contribution in [0.3, 0.4) is 0 Å². The first-order valence-electron chi connectivity index (χ1n) is 7.14. The third kappa shape index (κ3) is 38.4. The molecule has 0 amide bonds. The molecule has 18 nitrogen and oxygen atoms in total. The quantitative estimate of drug-likeness (QED) is 0.100. The summed E-state index contributed by atoms with van der Waals surface area (Å²) in [6.07, 6.45) is -2.44. The summed E-state index contributed by atoms with van der Waals surface area (Å²) in [4.78, 5) is 58.2. The molecule has 176 valence electrons. The van der Waals surface area contributed by atoms with Gasteiger partial charge in [0, 0.05) is 12.4 Å². The minimum absolute atomic E-state index is 0. The van der Waals surface area contributed by atoms with Gasteiger partial charge in [0.05, 0.1) is 18.9 Å². The summed E-state index contributed by atoms with van der Waals surface area (Å²) in [5.41, 5.74) is 13.7. The van der Waals surface area contributed by atoms with E-state index in [2.05, 4.69) is 16.8 Å². The fraction of sp³-hybridized carbons (Fsp3) is 0.500. The molecule has 0 saturated carbocycles. The molecule has 0 heterocycles. The Bertz CT molecular complexity index is 545. The molecule has 1 atom stereocenters. The third-order valence-electron chi connectivity index (χ3n) is 1.94. The topological polar surface area (TPSA) is 349 Å². The Balaban J connectivity index is -0.000000106. The molecule has 0 aromatic carbocycles. The van der Waals surface area contributed by atoms with Crippen molar-refractivity contribution in [3.05, 3.63) is 11.5 Å². The Hall–Kier alpha value is -2.80. The van der Waals surface area contributed by atoms with Crippen molar-refractivity contribution >= 4 is 35.8 Å². The van der Waals surface area contributed by atoms with Crippen molar-refractivity contribution in [3.63, 3.8) is 0 Å². The van der Waals surface area contributed by atoms with Crippen LogP contribution in [0.1, 0.15) is 12.8 Å². The van der Waals surface area contributed by atoms with E-state index in [1.54, 1.807) is 0 Å². The van der Waals surface area contributed by atoms with Crippen LogP contribution in [-0.4, -0.2) is 86.6 Å². The van der Waals surface area contributed by atoms with Crippen LogP contribution in [-0.2, 0) is 48.2 Å². The van der Waals surface area contributed by atoms with Gasteiger partial charge >= 0.3 is 31.4 Å². The monoisotopic (exact) mass is 508 g/mol. The number of carbonyl (C=O) groups is 6. The summed E-state index contributed by atoms with van der Waals surface area (Å²) in [6, 6.07) is 0. The van der Waals surface area contributed by atoms with E-state index in [0.29, 0.717) is 0 Å². The van der Waals surface area contributed by atoms with E-state index in [1.807, 2.05) is 0 Å². The van der Waals surface area contributed by atoms with Gasteiger partial charge in [-0.1, -0.05) is 13.1 Å². The molecule has 0 aliphatic rings. The maximum absolute atomic E-state index is 10.3. The van der Waals surface area contributed by atoms with Gasteiger partial charge in [-0.25, -0.2) is 10.2 Å². The first kappa shape index (κ1) is 38.8. The molecular weight excluding hydrogens is 488 g/mol. The van der Waals surface area contributed by atoms with E-state index in [4.69, 9.17) is 37.0 Å². The Labute approximate surface area is 186 Å². The molecule has 31 heavy (non-hydrogen) atoms. The Morgan fingerprint density at radius 1 is 0.806 bits per heavy atom. The normalized spacial score (nSPS) is 10.5. The van der Waals surface area contributed by atoms with Crippen molar-refractivity contribution in [2.45, 2.75) is 18.4 Å². The van der Waals surface area contributed by atoms with Crippen molar-refractivity contribution in [3.8, 4) is 0 Å². The molecule has 0 saturated heterocycles. The van der Waals surface area contributed by atoms with Gasteiger partial charge in [-0.3, -0.25) is 20.2 Å². The van der Waals surface area contributed by atoms with Crippen molar-refractivity contribution < 1.29 is 89.8 Å². The Morgan fingerprint density at radius 2 is 1.16 bits per heavy atom. The summed E-state index contributed by atoms with van der Waals surface area (Å²) in [7, 11) is 0. The Kier molecular flexibility index (Phi) is 29.4. The maximum Gasteiger partial charge on any atom is 2.00 e. The fourth-order valence-electron chi connectivity index (χ4n) is 0.837. The zero-order valence-electron chi connectivity index (χ0n) is 16.0. The van der Waals surface area contributed by atoms with E-state index < -0.39 is 67.3 Å². The molecule has 0 radical (unpaired) electrons. The molecule has 0 aliphatic carbocycles. The summed E-state index contributed by atoms with van der Waals surface area (Å²) >= 11 is 0. The molecule has 0 spiro atoms. The number of carboxylic acid groups (broad SMARTS) is 6. The van der Waals surface area contributed by atoms with E-state index in [1.165, 1.54) is 0 Å². The van der Waals surface area contributed by atoms with E-state index in [9.17, 15) is 39.0 Å². The average molecular weight is 510 g/mol. The van der Waals surface area contributed by atoms with Crippen LogP contribution in [0, 0.1) is 0 Å². The summed E-state index contributed by atoms with van der Waals surface area (Å²) in [5, 5.41) is 60.1. The number of hydrogen-bond acceptors (Lipinski definition) is 11. The van der Waals surface area contributed by atoms with Crippen LogP contribution in [0.25, 0.3) is 11.5 Å². The van der Waals surface area contributed by atoms with Gasteiger partial charge in [0.2, 0.25) is 0 Å². The van der Waals surface area contributed by atoms with Crippen molar-refractivity contribution in [1.29, 1.82) is 0 Å². The van der Waals surface area contributed by atoms with E-state index in [-0.39, 0.29) is 26.0 Å². The van der Waals surface area contributed by atoms with Crippen molar-refractivity contribution in [1.82, 2.24) is 11.0 Å². The van der Waals surface area contributed by atoms with Gasteiger partial charge < -0.3 is 56.8 Å². The molecule has 0 aromatic rings. The SMILES string of the molecule is O=C([O-])CC(O)(CC(=O)O)C(=O)O.[NH-]CC(=O)O.[NH-]CC(=O)O.[NH3+]NNCC(=O)[O-].[Zn+2]. The summed E-state index contributed by atoms with van der Waals surface area (Å²) < 4.78 is 0. The standard InChI is InChI=1S/C6H8O7.C2H7N3O2.2C2H4NO2.Zn/c7-3(8)1-6(13,5(11)12)2-4(9)10;3-5-4-1-2(6)7;2*3-1-2(4)5;/h13H,1-2H2,(H,7,8)(H,9,10)(H,11,12);4-5H,1,3H2,(H,6,7);2*3H,1H2,(H,4,5);/q;;2*-1;+2/p-1. The fourth-order valence-corrected chi connectivity index (χ4v) is 0.837. The minimum atomic E-state index is -2.80. The van der Waals surface area contributed by atoms with Crippen LogP contribution in [0.2, 0.25) is 0 Å². The number of hydrogen-bond donors (Lipinski definition) is 8. The number of hydrazine groups is 1. The van der Waals surface area contributed by atoms with E-state index >= 15 is 0 Å². The maximum atomic E-state index is 10.3. The van der Waals surface area contributed by atoms with Crippen LogP contribution in [0.15, 0.2) is 0 Å². The molecule has 0 bridgehead atoms. The predicted octanol–water partition coefficient (Wildman–Crippen LogP) is -6.35. The van der Waals surface area contributed by atoms with Gasteiger partial charge in [0.25, 0.3) is 11.9 Å². The number of nitrogens with one attached hydrogen (secondary N) is 4. The minimum Gasteiger partial charge on any atom is -0.668 e. The van der Waals surface area contributed by atoms with Crippen molar-refractivity contribution in [2.24, 2.45) is 0 Å². The number of carboxylic acids is 6. The number of rotatable bonds is 10. The van der Waals surface area contributed by atoms with Gasteiger partial charge in [0.1, 0.15) is 0 Å². The molecule has 1 unspecified atom stereocenters. The predicted molar refractivity (Wildman–Crippen MR) is 87.1 cm³/mol. The first-order chi connectivity index (χ1) is 13.6. The molecule has 0 fully saturated rings. The molecule has 19 heteroatoms. The molecule has 0 aliphatic heterocycles. The molecule has 0 rings (SSSR count). The van der Waals surface area contributed by atoms with Crippen molar-refractivity contribution in [2.75, 3.05) is 19.6 Å². The van der Waals surface area contributed by atoms with Gasteiger partial charge in [0.15, 0.2) is 5.60 Å². The smallest absolute Gasteiger partial charge is 0.668 e. The second-order valence-corrected chi connectivity index (χ2v) is 4.50. The van der Waals surface area contributed by atoms with Crippen LogP contribution >= 0.6 is 0 Å². The second kappa shape index (κ2) is 23.5. The first-order valence-corrected chi connectivity index (χ1v) is 7.14. The van der Waals surface area contributed by atoms with Crippen LogP contribution in [0.4, 0.5) is 0 Å². The average Bonchev–Trinajstić information content (AvgIpc) is 2.59. The van der Waals surface area contributed by atoms with Gasteiger partial charge in [-0.15, -0.1) is 5.53 Å². The zero-order valence-corrected chi connectivity index (χ0v) is 18.9. The molecular formula is C12H22N5O13Zn-. The molecule has 12 N–H and O–H groups in total. The molecule has 0 aromatic heterocycles. The van der Waals surface area contributed by atoms with Crippen LogP contribution in [0.5, 0.6) is 0 Å². The summed E-state index contributed by atoms with van der Waals surface area (Å²) in [6.45, 7) is -1.27. The Morgan fingerprint density at radius 3 is 1.29 bits per heavy atom. The second-order valence-electron chi connectivity index (χ2n) is 4.50. The number of quaternary nitrogens is 1. The number of carbonyl (C=O) groups excluding carboxylic acids is 2. The number of aliphatic hydroxyl groups is 1. The van der Waals surface area contributed by atoms with Crippen LogP contribution < -0.4 is 27.0 Å². The number of aliphatic carboxylic acids is 6.